The number of nitrogens with one attached hydrogen (secondary N) is 1. The van der Waals surface area contributed by atoms with E-state index in [1.54, 1.807) is 27.0 Å². The summed E-state index contributed by atoms with van der Waals surface area (Å²) in [5.74, 6) is -0.159. The van der Waals surface area contributed by atoms with E-state index in [1.807, 2.05) is 49.4 Å². The topological polar surface area (TPSA) is 84.9 Å². The number of carboxylic acids is 1. The average Bonchev–Trinajstić information content (AvgIpc) is 2.70. The molecule has 1 amide bonds. The van der Waals surface area contributed by atoms with Crippen molar-refractivity contribution in [1.29, 1.82) is 0 Å². The summed E-state index contributed by atoms with van der Waals surface area (Å²) in [6, 6.07) is 12.3. The van der Waals surface area contributed by atoms with Crippen molar-refractivity contribution in [3.63, 3.8) is 0 Å². The Bertz CT molecular complexity index is 871. The van der Waals surface area contributed by atoms with Gasteiger partial charge in [0.15, 0.2) is 0 Å². The fourth-order valence-corrected chi connectivity index (χ4v) is 2.68. The van der Waals surface area contributed by atoms with Gasteiger partial charge in [0.1, 0.15) is 24.1 Å². The minimum Gasteiger partial charge on any atom is -0.496 e. The summed E-state index contributed by atoms with van der Waals surface area (Å²) in [5, 5.41) is 11.6. The van der Waals surface area contributed by atoms with Crippen LogP contribution in [-0.2, 0) is 16.2 Å². The van der Waals surface area contributed by atoms with Gasteiger partial charge in [0.2, 0.25) is 5.91 Å². The molecule has 0 aliphatic heterocycles. The normalized spacial score (nSPS) is 12.0. The van der Waals surface area contributed by atoms with Crippen LogP contribution < -0.4 is 14.8 Å². The van der Waals surface area contributed by atoms with Crippen molar-refractivity contribution in [2.75, 3.05) is 7.11 Å². The number of amides is 1. The Morgan fingerprint density at radius 3 is 2.41 bits per heavy atom. The number of benzene rings is 2. The van der Waals surface area contributed by atoms with Crippen LogP contribution in [0, 0.1) is 12.8 Å². The molecule has 6 heteroatoms. The molecule has 6 nitrogen and oxygen atoms in total. The van der Waals surface area contributed by atoms with Gasteiger partial charge in [0.05, 0.1) is 7.11 Å². The number of carbonyl (C=O) groups excluding carboxylic acids is 1. The van der Waals surface area contributed by atoms with Crippen LogP contribution in [0.2, 0.25) is 0 Å². The molecule has 2 rings (SSSR count). The summed E-state index contributed by atoms with van der Waals surface area (Å²) in [7, 11) is 1.64. The Hall–Kier alpha value is -3.28. The van der Waals surface area contributed by atoms with E-state index in [-0.39, 0.29) is 5.92 Å². The van der Waals surface area contributed by atoms with E-state index >= 15 is 0 Å². The minimum absolute atomic E-state index is 0.199. The maximum absolute atomic E-state index is 11.9. The zero-order valence-electron chi connectivity index (χ0n) is 17.1. The third-order valence-corrected chi connectivity index (χ3v) is 4.42. The molecule has 154 valence electrons. The van der Waals surface area contributed by atoms with E-state index in [1.165, 1.54) is 6.08 Å². The van der Waals surface area contributed by atoms with Gasteiger partial charge in [-0.2, -0.15) is 0 Å². The van der Waals surface area contributed by atoms with E-state index in [2.05, 4.69) is 5.32 Å². The maximum atomic E-state index is 11.9. The fraction of sp³-hybridized carbons (Fsp3) is 0.304. The molecule has 2 aromatic rings. The molecule has 0 aliphatic rings. The first kappa shape index (κ1) is 22.0. The van der Waals surface area contributed by atoms with Crippen molar-refractivity contribution in [1.82, 2.24) is 5.32 Å². The van der Waals surface area contributed by atoms with Gasteiger partial charge in [0, 0.05) is 6.08 Å². The van der Waals surface area contributed by atoms with Gasteiger partial charge < -0.3 is 19.9 Å². The van der Waals surface area contributed by atoms with E-state index in [0.29, 0.717) is 12.4 Å². The Labute approximate surface area is 171 Å². The second-order valence-electron chi connectivity index (χ2n) is 7.06. The minimum atomic E-state index is -1.05. The number of ether oxygens (including phenoxy) is 2. The van der Waals surface area contributed by atoms with Gasteiger partial charge in [-0.05, 0) is 53.8 Å². The van der Waals surface area contributed by atoms with Gasteiger partial charge in [-0.1, -0.05) is 38.1 Å². The van der Waals surface area contributed by atoms with Crippen molar-refractivity contribution < 1.29 is 24.2 Å². The maximum Gasteiger partial charge on any atom is 0.326 e. The molecule has 0 aliphatic carbocycles. The number of methoxy groups -OCH3 is 1. The fourth-order valence-electron chi connectivity index (χ4n) is 2.68. The van der Waals surface area contributed by atoms with E-state index in [4.69, 9.17) is 14.6 Å². The van der Waals surface area contributed by atoms with Crippen molar-refractivity contribution >= 4 is 18.0 Å². The number of carbonyl (C=O) groups is 2. The van der Waals surface area contributed by atoms with Crippen LogP contribution in [-0.4, -0.2) is 30.1 Å². The molecule has 0 spiro atoms. The Kier molecular flexibility index (Phi) is 7.83. The highest BCUT2D eigenvalue weighted by atomic mass is 16.5. The predicted molar refractivity (Wildman–Crippen MR) is 112 cm³/mol. The number of hydrogen-bond donors (Lipinski definition) is 2. The first-order valence-corrected chi connectivity index (χ1v) is 9.38. The van der Waals surface area contributed by atoms with Crippen molar-refractivity contribution in [3.8, 4) is 11.5 Å². The SMILES string of the molecule is COc1cc(COc2ccc(/C=C/C(=O)N[C@H](C(=O)O)C(C)C)cc2)ccc1C. The highest BCUT2D eigenvalue weighted by molar-refractivity contribution is 5.94. The Balaban J connectivity index is 1.92. The van der Waals surface area contributed by atoms with Gasteiger partial charge >= 0.3 is 5.97 Å². The molecular weight excluding hydrogens is 370 g/mol. The van der Waals surface area contributed by atoms with Gasteiger partial charge in [-0.15, -0.1) is 0 Å². The van der Waals surface area contributed by atoms with Gasteiger partial charge in [-0.3, -0.25) is 4.79 Å². The van der Waals surface area contributed by atoms with Crippen LogP contribution >= 0.6 is 0 Å². The summed E-state index contributed by atoms with van der Waals surface area (Å²) < 4.78 is 11.1. The van der Waals surface area contributed by atoms with Crippen LogP contribution in [0.1, 0.15) is 30.5 Å². The molecule has 29 heavy (non-hydrogen) atoms. The highest BCUT2D eigenvalue weighted by Gasteiger charge is 2.22. The lowest BCUT2D eigenvalue weighted by atomic mass is 10.0. The Morgan fingerprint density at radius 2 is 1.83 bits per heavy atom. The zero-order chi connectivity index (χ0) is 21.4. The summed E-state index contributed by atoms with van der Waals surface area (Å²) in [6.07, 6.45) is 2.95. The summed E-state index contributed by atoms with van der Waals surface area (Å²) >= 11 is 0. The highest BCUT2D eigenvalue weighted by Crippen LogP contribution is 2.21. The molecule has 0 saturated heterocycles. The average molecular weight is 397 g/mol. The second kappa shape index (κ2) is 10.3. The lowest BCUT2D eigenvalue weighted by molar-refractivity contribution is -0.142. The molecule has 0 saturated carbocycles. The second-order valence-corrected chi connectivity index (χ2v) is 7.06. The standard InChI is InChI=1S/C23H27NO5/c1-15(2)22(23(26)27)24-21(25)12-9-17-7-10-19(11-8-17)29-14-18-6-5-16(3)20(13-18)28-4/h5-13,15,22H,14H2,1-4H3,(H,24,25)(H,26,27)/b12-9+/t22-/m0/s1. The molecule has 2 N–H and O–H groups in total. The van der Waals surface area contributed by atoms with E-state index in [9.17, 15) is 9.59 Å². The number of carboxylic acid groups (broad SMARTS) is 1. The van der Waals surface area contributed by atoms with Crippen LogP contribution in [0.4, 0.5) is 0 Å². The quantitative estimate of drug-likeness (QED) is 0.629. The van der Waals surface area contributed by atoms with Crippen LogP contribution in [0.25, 0.3) is 6.08 Å². The van der Waals surface area contributed by atoms with Gasteiger partial charge in [0.25, 0.3) is 0 Å². The van der Waals surface area contributed by atoms with Crippen molar-refractivity contribution in [2.24, 2.45) is 5.92 Å². The molecular formula is C23H27NO5. The molecule has 0 heterocycles. The first-order valence-electron chi connectivity index (χ1n) is 9.38. The van der Waals surface area contributed by atoms with Crippen LogP contribution in [0.5, 0.6) is 11.5 Å². The number of rotatable bonds is 9. The van der Waals surface area contributed by atoms with E-state index < -0.39 is 17.9 Å². The number of hydrogen-bond acceptors (Lipinski definition) is 4. The lowest BCUT2D eigenvalue weighted by Crippen LogP contribution is -2.43. The lowest BCUT2D eigenvalue weighted by Gasteiger charge is -2.16. The molecule has 1 atom stereocenters. The smallest absolute Gasteiger partial charge is 0.326 e. The predicted octanol–water partition coefficient (Wildman–Crippen LogP) is 3.82. The van der Waals surface area contributed by atoms with Crippen molar-refractivity contribution in [2.45, 2.75) is 33.4 Å². The monoisotopic (exact) mass is 397 g/mol. The van der Waals surface area contributed by atoms with E-state index in [0.717, 1.165) is 22.4 Å². The summed E-state index contributed by atoms with van der Waals surface area (Å²) in [6.45, 7) is 5.89. The molecule has 0 bridgehead atoms. The molecule has 0 unspecified atom stereocenters. The molecule has 0 fully saturated rings. The summed E-state index contributed by atoms with van der Waals surface area (Å²) in [5.41, 5.74) is 2.88. The van der Waals surface area contributed by atoms with Crippen LogP contribution in [0.3, 0.4) is 0 Å². The Morgan fingerprint density at radius 1 is 1.14 bits per heavy atom. The first-order chi connectivity index (χ1) is 13.8. The molecule has 0 aromatic heterocycles. The zero-order valence-corrected chi connectivity index (χ0v) is 17.1. The largest absolute Gasteiger partial charge is 0.496 e. The molecule has 2 aromatic carbocycles. The van der Waals surface area contributed by atoms with Crippen LogP contribution in [0.15, 0.2) is 48.5 Å². The number of aliphatic carboxylic acids is 1. The number of aryl methyl sites for hydroxylation is 1. The van der Waals surface area contributed by atoms with Crippen molar-refractivity contribution in [3.05, 3.63) is 65.2 Å². The third-order valence-electron chi connectivity index (χ3n) is 4.42. The van der Waals surface area contributed by atoms with Gasteiger partial charge in [-0.25, -0.2) is 4.79 Å². The third kappa shape index (κ3) is 6.68. The molecule has 0 radical (unpaired) electrons. The summed E-state index contributed by atoms with van der Waals surface area (Å²) in [4.78, 5) is 23.1.